The lowest BCUT2D eigenvalue weighted by Crippen LogP contribution is -2.15. The van der Waals surface area contributed by atoms with E-state index in [1.54, 1.807) is 6.07 Å². The maximum absolute atomic E-state index is 11.8. The number of benzene rings is 1. The molecular weight excluding hydrogens is 294 g/mol. The molecule has 0 unspecified atom stereocenters. The first-order valence-electron chi connectivity index (χ1n) is 6.09. The number of nitrogens with zero attached hydrogens (tertiary/aromatic N) is 1. The number of thioether (sulfide) groups is 1. The van der Waals surface area contributed by atoms with E-state index in [-0.39, 0.29) is 17.9 Å². The number of non-ortho nitro benzene ring substituents is 1. The summed E-state index contributed by atoms with van der Waals surface area (Å²) in [7, 11) is 0. The molecule has 0 atom stereocenters. The minimum Gasteiger partial charge on any atom is -0.461 e. The first kappa shape index (κ1) is 16.9. The van der Waals surface area contributed by atoms with E-state index < -0.39 is 16.7 Å². The molecule has 0 heterocycles. The molecule has 0 radical (unpaired) electrons. The third-order valence-electron chi connectivity index (χ3n) is 2.51. The van der Waals surface area contributed by atoms with Crippen molar-refractivity contribution in [3.8, 4) is 0 Å². The highest BCUT2D eigenvalue weighted by atomic mass is 32.2. The van der Waals surface area contributed by atoms with Gasteiger partial charge in [0.15, 0.2) is 5.78 Å². The molecule has 7 heteroatoms. The normalized spacial score (nSPS) is 11.0. The van der Waals surface area contributed by atoms with Crippen molar-refractivity contribution in [2.45, 2.75) is 6.92 Å². The standard InChI is InChI=1S/C14H15NO5S/c1-10(16)13(14(17)20-6-7-21-2)9-11-4-3-5-12(8-11)15(18)19/h3-5,8-9H,6-7H2,1-2H3. The van der Waals surface area contributed by atoms with Crippen LogP contribution in [0.2, 0.25) is 0 Å². The molecule has 1 rings (SSSR count). The first-order chi connectivity index (χ1) is 9.95. The summed E-state index contributed by atoms with van der Waals surface area (Å²) in [4.78, 5) is 33.5. The van der Waals surface area contributed by atoms with Crippen molar-refractivity contribution in [1.29, 1.82) is 0 Å². The highest BCUT2D eigenvalue weighted by Crippen LogP contribution is 2.16. The predicted octanol–water partition coefficient (Wildman–Crippen LogP) is 2.47. The molecule has 112 valence electrons. The molecule has 0 aliphatic rings. The number of carbonyl (C=O) groups excluding carboxylic acids is 2. The Bertz CT molecular complexity index is 582. The summed E-state index contributed by atoms with van der Waals surface area (Å²) in [5.41, 5.74) is 0.162. The number of Topliss-reactive ketones (excluding diaryl/α,β-unsaturated/α-hetero) is 1. The second-order valence-electron chi connectivity index (χ2n) is 4.10. The van der Waals surface area contributed by atoms with E-state index in [1.807, 2.05) is 6.26 Å². The van der Waals surface area contributed by atoms with Gasteiger partial charge in [0.1, 0.15) is 12.2 Å². The highest BCUT2D eigenvalue weighted by molar-refractivity contribution is 7.98. The van der Waals surface area contributed by atoms with E-state index in [9.17, 15) is 19.7 Å². The zero-order chi connectivity index (χ0) is 15.8. The van der Waals surface area contributed by atoms with Crippen LogP contribution in [0.5, 0.6) is 0 Å². The molecule has 0 aromatic heterocycles. The quantitative estimate of drug-likeness (QED) is 0.146. The summed E-state index contributed by atoms with van der Waals surface area (Å²) in [6.45, 7) is 1.46. The lowest BCUT2D eigenvalue weighted by molar-refractivity contribution is -0.384. The molecule has 0 N–H and O–H groups in total. The zero-order valence-electron chi connectivity index (χ0n) is 11.7. The van der Waals surface area contributed by atoms with Crippen LogP contribution in [-0.2, 0) is 14.3 Å². The van der Waals surface area contributed by atoms with Gasteiger partial charge in [0.25, 0.3) is 5.69 Å². The van der Waals surface area contributed by atoms with Gasteiger partial charge in [0, 0.05) is 17.9 Å². The van der Waals surface area contributed by atoms with Crippen LogP contribution < -0.4 is 0 Å². The maximum Gasteiger partial charge on any atom is 0.341 e. The van der Waals surface area contributed by atoms with Crippen molar-refractivity contribution in [2.24, 2.45) is 0 Å². The van der Waals surface area contributed by atoms with Gasteiger partial charge >= 0.3 is 5.97 Å². The van der Waals surface area contributed by atoms with Crippen molar-refractivity contribution >= 4 is 35.3 Å². The summed E-state index contributed by atoms with van der Waals surface area (Å²) in [6.07, 6.45) is 3.18. The number of hydrogen-bond donors (Lipinski definition) is 0. The summed E-state index contributed by atoms with van der Waals surface area (Å²) in [5, 5.41) is 10.7. The minimum absolute atomic E-state index is 0.109. The molecule has 0 bridgehead atoms. The van der Waals surface area contributed by atoms with Gasteiger partial charge in [-0.25, -0.2) is 4.79 Å². The number of nitro benzene ring substituents is 1. The average Bonchev–Trinajstić information content (AvgIpc) is 2.44. The molecule has 6 nitrogen and oxygen atoms in total. The van der Waals surface area contributed by atoms with Crippen molar-refractivity contribution in [2.75, 3.05) is 18.6 Å². The number of hydrogen-bond acceptors (Lipinski definition) is 6. The Labute approximate surface area is 126 Å². The van der Waals surface area contributed by atoms with Crippen LogP contribution in [0, 0.1) is 10.1 Å². The summed E-state index contributed by atoms with van der Waals surface area (Å²) in [6, 6.07) is 5.69. The Morgan fingerprint density at radius 1 is 1.43 bits per heavy atom. The van der Waals surface area contributed by atoms with E-state index in [0.717, 1.165) is 0 Å². The molecule has 0 saturated carbocycles. The molecule has 0 saturated heterocycles. The van der Waals surface area contributed by atoms with Crippen molar-refractivity contribution in [3.05, 3.63) is 45.5 Å². The van der Waals surface area contributed by atoms with Crippen molar-refractivity contribution < 1.29 is 19.2 Å². The smallest absolute Gasteiger partial charge is 0.341 e. The van der Waals surface area contributed by atoms with Gasteiger partial charge in [0.05, 0.1) is 4.92 Å². The Hall–Kier alpha value is -2.15. The number of ketones is 1. The van der Waals surface area contributed by atoms with Crippen molar-refractivity contribution in [3.63, 3.8) is 0 Å². The molecule has 0 fully saturated rings. The average molecular weight is 309 g/mol. The Kier molecular flexibility index (Phi) is 6.61. The Balaban J connectivity index is 2.99. The third kappa shape index (κ3) is 5.39. The molecular formula is C14H15NO5S. The van der Waals surface area contributed by atoms with E-state index in [4.69, 9.17) is 4.74 Å². The Morgan fingerprint density at radius 3 is 2.71 bits per heavy atom. The van der Waals surface area contributed by atoms with Crippen LogP contribution in [0.1, 0.15) is 12.5 Å². The fraction of sp³-hybridized carbons (Fsp3) is 0.286. The van der Waals surface area contributed by atoms with E-state index in [0.29, 0.717) is 11.3 Å². The van der Waals surface area contributed by atoms with E-state index in [1.165, 1.54) is 43.0 Å². The van der Waals surface area contributed by atoms with Gasteiger partial charge in [-0.15, -0.1) is 0 Å². The van der Waals surface area contributed by atoms with E-state index in [2.05, 4.69) is 0 Å². The molecule has 21 heavy (non-hydrogen) atoms. The first-order valence-corrected chi connectivity index (χ1v) is 7.48. The van der Waals surface area contributed by atoms with Crippen LogP contribution in [0.15, 0.2) is 29.8 Å². The molecule has 0 aliphatic heterocycles. The van der Waals surface area contributed by atoms with Gasteiger partial charge in [-0.05, 0) is 24.8 Å². The summed E-state index contributed by atoms with van der Waals surface area (Å²) >= 11 is 1.52. The lowest BCUT2D eigenvalue weighted by atomic mass is 10.1. The highest BCUT2D eigenvalue weighted by Gasteiger charge is 2.16. The fourth-order valence-corrected chi connectivity index (χ4v) is 1.74. The summed E-state index contributed by atoms with van der Waals surface area (Å²) in [5.74, 6) is -0.535. The molecule has 0 aliphatic carbocycles. The van der Waals surface area contributed by atoms with Gasteiger partial charge < -0.3 is 4.74 Å². The number of esters is 1. The van der Waals surface area contributed by atoms with Gasteiger partial charge in [0.2, 0.25) is 0 Å². The second kappa shape index (κ2) is 8.21. The number of rotatable bonds is 7. The van der Waals surface area contributed by atoms with Crippen molar-refractivity contribution in [1.82, 2.24) is 0 Å². The zero-order valence-corrected chi connectivity index (χ0v) is 12.5. The molecule has 0 amide bonds. The SMILES string of the molecule is CSCCOC(=O)C(=Cc1cccc([N+](=O)[O-])c1)C(C)=O. The summed E-state index contributed by atoms with van der Waals surface area (Å²) < 4.78 is 4.97. The molecule has 1 aromatic rings. The van der Waals surface area contributed by atoms with Crippen LogP contribution in [0.25, 0.3) is 6.08 Å². The maximum atomic E-state index is 11.8. The number of nitro groups is 1. The van der Waals surface area contributed by atoms with Crippen LogP contribution in [-0.4, -0.2) is 35.3 Å². The Morgan fingerprint density at radius 2 is 2.14 bits per heavy atom. The molecule has 0 spiro atoms. The van der Waals surface area contributed by atoms with Crippen LogP contribution in [0.4, 0.5) is 5.69 Å². The number of ether oxygens (including phenoxy) is 1. The molecule has 1 aromatic carbocycles. The monoisotopic (exact) mass is 309 g/mol. The second-order valence-corrected chi connectivity index (χ2v) is 5.08. The van der Waals surface area contributed by atoms with Crippen LogP contribution >= 0.6 is 11.8 Å². The lowest BCUT2D eigenvalue weighted by Gasteiger charge is -2.05. The topological polar surface area (TPSA) is 86.5 Å². The van der Waals surface area contributed by atoms with E-state index >= 15 is 0 Å². The van der Waals surface area contributed by atoms with Crippen LogP contribution in [0.3, 0.4) is 0 Å². The van der Waals surface area contributed by atoms with Gasteiger partial charge in [-0.2, -0.15) is 11.8 Å². The third-order valence-corrected chi connectivity index (χ3v) is 3.09. The van der Waals surface area contributed by atoms with Gasteiger partial charge in [-0.3, -0.25) is 14.9 Å². The number of carbonyl (C=O) groups is 2. The van der Waals surface area contributed by atoms with Gasteiger partial charge in [-0.1, -0.05) is 12.1 Å². The minimum atomic E-state index is -0.719. The fourth-order valence-electron chi connectivity index (χ4n) is 1.49. The predicted molar refractivity (Wildman–Crippen MR) is 81.1 cm³/mol. The largest absolute Gasteiger partial charge is 0.461 e.